The lowest BCUT2D eigenvalue weighted by molar-refractivity contribution is -0.150. The number of hydrogen-bond acceptors (Lipinski definition) is 6. The molecule has 3 aromatic heterocycles. The monoisotopic (exact) mass is 456 g/mol. The molecule has 0 aliphatic heterocycles. The fourth-order valence-electron chi connectivity index (χ4n) is 4.54. The molecule has 0 saturated heterocycles. The van der Waals surface area contributed by atoms with Gasteiger partial charge < -0.3 is 4.74 Å². The average molecular weight is 457 g/mol. The van der Waals surface area contributed by atoms with Crippen molar-refractivity contribution in [3.05, 3.63) is 77.2 Å². The van der Waals surface area contributed by atoms with Gasteiger partial charge in [0.05, 0.1) is 29.3 Å². The predicted octanol–water partition coefficient (Wildman–Crippen LogP) is 3.70. The van der Waals surface area contributed by atoms with Crippen LogP contribution < -0.4 is 5.56 Å². The van der Waals surface area contributed by atoms with Gasteiger partial charge in [0.1, 0.15) is 11.7 Å². The fraction of sp³-hybridized carbons (Fsp3) is 0.269. The summed E-state index contributed by atoms with van der Waals surface area (Å²) in [4.78, 5) is 37.9. The largest absolute Gasteiger partial charge is 0.466 e. The maximum atomic E-state index is 12.8. The highest BCUT2D eigenvalue weighted by atomic mass is 16.5. The minimum Gasteiger partial charge on any atom is -0.466 e. The Kier molecular flexibility index (Phi) is 5.79. The number of aromatic nitrogens is 4. The maximum Gasteiger partial charge on any atom is 0.309 e. The van der Waals surface area contributed by atoms with Crippen molar-refractivity contribution in [2.24, 2.45) is 5.92 Å². The fourth-order valence-corrected chi connectivity index (χ4v) is 4.54. The van der Waals surface area contributed by atoms with Crippen LogP contribution in [0.1, 0.15) is 32.2 Å². The van der Waals surface area contributed by atoms with Crippen LogP contribution in [0, 0.1) is 5.92 Å². The molecular formula is C26H24N4O4. The number of rotatable bonds is 5. The van der Waals surface area contributed by atoms with E-state index in [-0.39, 0.29) is 36.8 Å². The van der Waals surface area contributed by atoms with Crippen molar-refractivity contribution in [3.63, 3.8) is 0 Å². The lowest BCUT2D eigenvalue weighted by atomic mass is 9.85. The molecule has 0 radical (unpaired) electrons. The van der Waals surface area contributed by atoms with Crippen molar-refractivity contribution in [3.8, 4) is 22.5 Å². The molecule has 8 nitrogen and oxygen atoms in total. The minimum atomic E-state index is -0.808. The van der Waals surface area contributed by atoms with Crippen LogP contribution in [-0.4, -0.2) is 37.8 Å². The first-order valence-corrected chi connectivity index (χ1v) is 11.4. The normalized spacial score (nSPS) is 18.2. The molecule has 0 N–H and O–H groups in total. The van der Waals surface area contributed by atoms with Gasteiger partial charge in [-0.1, -0.05) is 36.4 Å². The van der Waals surface area contributed by atoms with E-state index in [0.29, 0.717) is 12.1 Å². The summed E-state index contributed by atoms with van der Waals surface area (Å²) in [7, 11) is 0. The number of pyridine rings is 1. The average Bonchev–Trinajstić information content (AvgIpc) is 3.25. The van der Waals surface area contributed by atoms with Crippen LogP contribution >= 0.6 is 0 Å². The number of benzene rings is 1. The van der Waals surface area contributed by atoms with E-state index in [9.17, 15) is 14.4 Å². The van der Waals surface area contributed by atoms with E-state index in [1.165, 1.54) is 10.7 Å². The van der Waals surface area contributed by atoms with Gasteiger partial charge in [0.25, 0.3) is 5.56 Å². The molecule has 172 valence electrons. The Balaban J connectivity index is 1.62. The smallest absolute Gasteiger partial charge is 0.309 e. The molecule has 0 spiro atoms. The van der Waals surface area contributed by atoms with Crippen LogP contribution in [-0.2, 0) is 14.3 Å². The lowest BCUT2D eigenvalue weighted by Gasteiger charge is -2.27. The minimum absolute atomic E-state index is 0.101. The molecule has 2 atom stereocenters. The number of hydrogen-bond donors (Lipinski definition) is 0. The van der Waals surface area contributed by atoms with E-state index >= 15 is 0 Å². The van der Waals surface area contributed by atoms with Gasteiger partial charge in [0.15, 0.2) is 5.78 Å². The first-order valence-electron chi connectivity index (χ1n) is 11.4. The third-order valence-electron chi connectivity index (χ3n) is 6.20. The molecule has 8 heteroatoms. The highest BCUT2D eigenvalue weighted by Crippen LogP contribution is 2.35. The van der Waals surface area contributed by atoms with E-state index in [2.05, 4.69) is 5.10 Å². The first-order chi connectivity index (χ1) is 16.6. The van der Waals surface area contributed by atoms with Gasteiger partial charge in [-0.2, -0.15) is 10.2 Å². The Morgan fingerprint density at radius 2 is 1.82 bits per heavy atom. The summed E-state index contributed by atoms with van der Waals surface area (Å²) in [5.74, 6) is -0.870. The van der Waals surface area contributed by atoms with Gasteiger partial charge in [-0.3, -0.25) is 14.4 Å². The molecule has 1 aromatic carbocycles. The summed E-state index contributed by atoms with van der Waals surface area (Å²) in [5, 5.41) is 9.40. The molecule has 1 aliphatic carbocycles. The Hall–Kier alpha value is -4.07. The summed E-state index contributed by atoms with van der Waals surface area (Å²) < 4.78 is 8.16. The Labute approximate surface area is 195 Å². The van der Waals surface area contributed by atoms with Gasteiger partial charge in [-0.25, -0.2) is 9.20 Å². The summed E-state index contributed by atoms with van der Waals surface area (Å²) in [6.45, 7) is 2.03. The SMILES string of the molecule is CCOC(=O)[C@H]1CCC(=O)[C@@H](n2nc(-c3c(-c4ccccc4)nn4ccccc34)ccc2=O)C1. The number of ether oxygens (including phenoxy) is 1. The highest BCUT2D eigenvalue weighted by molar-refractivity contribution is 5.91. The second-order valence-corrected chi connectivity index (χ2v) is 8.33. The molecule has 3 heterocycles. The van der Waals surface area contributed by atoms with Crippen molar-refractivity contribution >= 4 is 17.3 Å². The zero-order chi connectivity index (χ0) is 23.7. The Morgan fingerprint density at radius 1 is 1.03 bits per heavy atom. The zero-order valence-electron chi connectivity index (χ0n) is 18.8. The molecule has 4 aromatic rings. The van der Waals surface area contributed by atoms with Crippen molar-refractivity contribution in [1.82, 2.24) is 19.4 Å². The predicted molar refractivity (Wildman–Crippen MR) is 126 cm³/mol. The Bertz CT molecular complexity index is 1420. The van der Waals surface area contributed by atoms with Crippen LogP contribution in [0.15, 0.2) is 71.7 Å². The summed E-state index contributed by atoms with van der Waals surface area (Å²) in [6.07, 6.45) is 2.69. The number of carbonyl (C=O) groups excluding carboxylic acids is 2. The molecule has 0 bridgehead atoms. The molecule has 1 saturated carbocycles. The number of Topliss-reactive ketones (excluding diaryl/α,β-unsaturated/α-hetero) is 1. The van der Waals surface area contributed by atoms with E-state index in [4.69, 9.17) is 9.84 Å². The molecule has 0 unspecified atom stereocenters. The van der Waals surface area contributed by atoms with Gasteiger partial charge in [-0.15, -0.1) is 0 Å². The zero-order valence-corrected chi connectivity index (χ0v) is 18.8. The second kappa shape index (κ2) is 9.05. The van der Waals surface area contributed by atoms with Gasteiger partial charge in [0.2, 0.25) is 0 Å². The molecular weight excluding hydrogens is 432 g/mol. The van der Waals surface area contributed by atoms with Crippen molar-refractivity contribution < 1.29 is 14.3 Å². The van der Waals surface area contributed by atoms with E-state index in [1.54, 1.807) is 17.5 Å². The van der Waals surface area contributed by atoms with Crippen LogP contribution in [0.25, 0.3) is 28.0 Å². The van der Waals surface area contributed by atoms with Crippen molar-refractivity contribution in [1.29, 1.82) is 0 Å². The number of esters is 1. The van der Waals surface area contributed by atoms with Crippen LogP contribution in [0.4, 0.5) is 0 Å². The second-order valence-electron chi connectivity index (χ2n) is 8.33. The molecule has 34 heavy (non-hydrogen) atoms. The van der Waals surface area contributed by atoms with Crippen molar-refractivity contribution in [2.75, 3.05) is 6.61 Å². The quantitative estimate of drug-likeness (QED) is 0.425. The number of fused-ring (bicyclic) bond motifs is 1. The number of carbonyl (C=O) groups is 2. The van der Waals surface area contributed by atoms with E-state index in [1.807, 2.05) is 54.7 Å². The van der Waals surface area contributed by atoms with E-state index < -0.39 is 12.0 Å². The summed E-state index contributed by atoms with van der Waals surface area (Å²) in [6, 6.07) is 17.8. The summed E-state index contributed by atoms with van der Waals surface area (Å²) >= 11 is 0. The van der Waals surface area contributed by atoms with E-state index in [0.717, 1.165) is 22.3 Å². The first kappa shape index (κ1) is 21.8. The maximum absolute atomic E-state index is 12.8. The molecule has 1 fully saturated rings. The van der Waals surface area contributed by atoms with Gasteiger partial charge in [0, 0.05) is 24.2 Å². The standard InChI is InChI=1S/C26H24N4O4/c1-2-34-26(33)18-11-13-22(31)21(16-18)30-23(32)14-12-19(27-30)24-20-10-6-7-15-29(20)28-25(24)17-8-4-3-5-9-17/h3-10,12,14-15,18,21H,2,11,13,16H2,1H3/t18-,21-/m0/s1. The third kappa shape index (κ3) is 3.91. The molecule has 1 aliphatic rings. The van der Waals surface area contributed by atoms with Crippen LogP contribution in [0.3, 0.4) is 0 Å². The summed E-state index contributed by atoms with van der Waals surface area (Å²) in [5.41, 5.74) is 3.39. The topological polar surface area (TPSA) is 95.6 Å². The van der Waals surface area contributed by atoms with Crippen LogP contribution in [0.2, 0.25) is 0 Å². The lowest BCUT2D eigenvalue weighted by Crippen LogP contribution is -2.38. The number of ketones is 1. The van der Waals surface area contributed by atoms with Gasteiger partial charge >= 0.3 is 5.97 Å². The van der Waals surface area contributed by atoms with Gasteiger partial charge in [-0.05, 0) is 38.0 Å². The Morgan fingerprint density at radius 3 is 2.62 bits per heavy atom. The molecule has 0 amide bonds. The highest BCUT2D eigenvalue weighted by Gasteiger charge is 2.35. The van der Waals surface area contributed by atoms with Crippen LogP contribution in [0.5, 0.6) is 0 Å². The van der Waals surface area contributed by atoms with Crippen molar-refractivity contribution in [2.45, 2.75) is 32.2 Å². The molecule has 5 rings (SSSR count). The third-order valence-corrected chi connectivity index (χ3v) is 6.20. The number of nitrogens with zero attached hydrogens (tertiary/aromatic N) is 4.